The first-order valence-corrected chi connectivity index (χ1v) is 9.70. The number of aromatic nitrogens is 3. The Morgan fingerprint density at radius 2 is 1.58 bits per heavy atom. The molecule has 1 saturated carbocycles. The third-order valence-corrected chi connectivity index (χ3v) is 6.09. The summed E-state index contributed by atoms with van der Waals surface area (Å²) in [7, 11) is 2.13. The van der Waals surface area contributed by atoms with Crippen LogP contribution in [-0.2, 0) is 13.6 Å². The SMILES string of the molecule is Cn1c(CN2CCC(O)CC2)nnc1C1CCN(CC2CC2)CC1. The Bertz CT molecular complexity index is 540. The van der Waals surface area contributed by atoms with Gasteiger partial charge in [0, 0.05) is 32.6 Å². The molecule has 6 nitrogen and oxygen atoms in total. The van der Waals surface area contributed by atoms with E-state index < -0.39 is 0 Å². The van der Waals surface area contributed by atoms with Crippen molar-refractivity contribution in [3.63, 3.8) is 0 Å². The van der Waals surface area contributed by atoms with Crippen LogP contribution in [0.5, 0.6) is 0 Å². The van der Waals surface area contributed by atoms with Crippen molar-refractivity contribution in [3.05, 3.63) is 11.6 Å². The third-order valence-electron chi connectivity index (χ3n) is 6.09. The Balaban J connectivity index is 1.32. The van der Waals surface area contributed by atoms with Gasteiger partial charge in [0.2, 0.25) is 0 Å². The topological polar surface area (TPSA) is 57.4 Å². The molecular weight excluding hydrogens is 302 g/mol. The highest BCUT2D eigenvalue weighted by Crippen LogP contribution is 2.33. The zero-order chi connectivity index (χ0) is 16.5. The van der Waals surface area contributed by atoms with Gasteiger partial charge in [-0.25, -0.2) is 0 Å². The molecule has 0 bridgehead atoms. The van der Waals surface area contributed by atoms with Crippen molar-refractivity contribution in [1.29, 1.82) is 0 Å². The molecule has 0 atom stereocenters. The van der Waals surface area contributed by atoms with Crippen LogP contribution in [0, 0.1) is 5.92 Å². The molecule has 3 heterocycles. The monoisotopic (exact) mass is 333 g/mol. The zero-order valence-electron chi connectivity index (χ0n) is 14.9. The van der Waals surface area contributed by atoms with Crippen molar-refractivity contribution >= 4 is 0 Å². The molecule has 4 rings (SSSR count). The minimum atomic E-state index is -0.114. The number of hydrogen-bond donors (Lipinski definition) is 1. The smallest absolute Gasteiger partial charge is 0.146 e. The summed E-state index contributed by atoms with van der Waals surface area (Å²) < 4.78 is 2.23. The summed E-state index contributed by atoms with van der Waals surface area (Å²) in [5, 5.41) is 18.7. The van der Waals surface area contributed by atoms with Crippen molar-refractivity contribution in [3.8, 4) is 0 Å². The fourth-order valence-electron chi connectivity index (χ4n) is 4.19. The van der Waals surface area contributed by atoms with Crippen LogP contribution >= 0.6 is 0 Å². The highest BCUT2D eigenvalue weighted by atomic mass is 16.3. The molecule has 1 aliphatic carbocycles. The molecule has 6 heteroatoms. The Labute approximate surface area is 144 Å². The summed E-state index contributed by atoms with van der Waals surface area (Å²) in [5.74, 6) is 3.80. The number of rotatable bonds is 5. The van der Waals surface area contributed by atoms with E-state index in [0.29, 0.717) is 5.92 Å². The second-order valence-electron chi connectivity index (χ2n) is 8.06. The molecule has 0 radical (unpaired) electrons. The molecule has 134 valence electrons. The maximum atomic E-state index is 9.64. The van der Waals surface area contributed by atoms with Crippen molar-refractivity contribution < 1.29 is 5.11 Å². The quantitative estimate of drug-likeness (QED) is 0.882. The van der Waals surface area contributed by atoms with Gasteiger partial charge in [0.05, 0.1) is 12.6 Å². The summed E-state index contributed by atoms with van der Waals surface area (Å²) in [5.41, 5.74) is 0. The average Bonchev–Trinajstić information content (AvgIpc) is 3.34. The molecule has 2 aliphatic heterocycles. The van der Waals surface area contributed by atoms with Gasteiger partial charge in [-0.05, 0) is 57.5 Å². The van der Waals surface area contributed by atoms with Crippen molar-refractivity contribution in [2.75, 3.05) is 32.7 Å². The number of likely N-dealkylation sites (tertiary alicyclic amines) is 2. The summed E-state index contributed by atoms with van der Waals surface area (Å²) in [6.07, 6.45) is 6.97. The lowest BCUT2D eigenvalue weighted by atomic mass is 9.95. The van der Waals surface area contributed by atoms with Gasteiger partial charge in [0.1, 0.15) is 11.6 Å². The minimum absolute atomic E-state index is 0.114. The van der Waals surface area contributed by atoms with E-state index in [1.165, 1.54) is 51.1 Å². The van der Waals surface area contributed by atoms with Gasteiger partial charge >= 0.3 is 0 Å². The largest absolute Gasteiger partial charge is 0.393 e. The van der Waals surface area contributed by atoms with E-state index in [-0.39, 0.29) is 6.10 Å². The van der Waals surface area contributed by atoms with Crippen molar-refractivity contribution in [2.24, 2.45) is 13.0 Å². The standard InChI is InChI=1S/C18H31N5O/c1-21-17(13-23-10-6-16(24)7-11-23)19-20-18(21)15-4-8-22(9-5-15)12-14-2-3-14/h14-16,24H,2-13H2,1H3. The summed E-state index contributed by atoms with van der Waals surface area (Å²) in [4.78, 5) is 5.03. The van der Waals surface area contributed by atoms with Gasteiger partial charge in [-0.15, -0.1) is 10.2 Å². The number of aliphatic hydroxyl groups excluding tert-OH is 1. The molecule has 1 aromatic heterocycles. The maximum absolute atomic E-state index is 9.64. The second-order valence-corrected chi connectivity index (χ2v) is 8.06. The van der Waals surface area contributed by atoms with Crippen LogP contribution < -0.4 is 0 Å². The zero-order valence-corrected chi connectivity index (χ0v) is 14.9. The minimum Gasteiger partial charge on any atom is -0.393 e. The molecular formula is C18H31N5O. The Morgan fingerprint density at radius 1 is 0.917 bits per heavy atom. The fourth-order valence-corrected chi connectivity index (χ4v) is 4.19. The number of aliphatic hydroxyl groups is 1. The average molecular weight is 333 g/mol. The van der Waals surface area contributed by atoms with Gasteiger partial charge in [-0.1, -0.05) is 0 Å². The van der Waals surface area contributed by atoms with E-state index in [0.717, 1.165) is 44.2 Å². The molecule has 2 saturated heterocycles. The molecule has 0 amide bonds. The molecule has 1 N–H and O–H groups in total. The Hall–Kier alpha value is -0.980. The van der Waals surface area contributed by atoms with Crippen LogP contribution in [0.3, 0.4) is 0 Å². The van der Waals surface area contributed by atoms with E-state index in [1.54, 1.807) is 0 Å². The van der Waals surface area contributed by atoms with E-state index in [2.05, 4.69) is 31.6 Å². The van der Waals surface area contributed by atoms with Gasteiger partial charge in [-0.3, -0.25) is 4.90 Å². The summed E-state index contributed by atoms with van der Waals surface area (Å²) >= 11 is 0. The van der Waals surface area contributed by atoms with E-state index >= 15 is 0 Å². The molecule has 24 heavy (non-hydrogen) atoms. The molecule has 0 spiro atoms. The number of nitrogens with zero attached hydrogens (tertiary/aromatic N) is 5. The first-order chi connectivity index (χ1) is 11.7. The first kappa shape index (κ1) is 16.5. The van der Waals surface area contributed by atoms with Crippen LogP contribution in [0.25, 0.3) is 0 Å². The maximum Gasteiger partial charge on any atom is 0.146 e. The predicted molar refractivity (Wildman–Crippen MR) is 92.7 cm³/mol. The second kappa shape index (κ2) is 7.10. The van der Waals surface area contributed by atoms with E-state index in [9.17, 15) is 5.11 Å². The van der Waals surface area contributed by atoms with Crippen LogP contribution in [0.15, 0.2) is 0 Å². The summed E-state index contributed by atoms with van der Waals surface area (Å²) in [6, 6.07) is 0. The molecule has 3 fully saturated rings. The van der Waals surface area contributed by atoms with Gasteiger partial charge < -0.3 is 14.6 Å². The fraction of sp³-hybridized carbons (Fsp3) is 0.889. The number of hydrogen-bond acceptors (Lipinski definition) is 5. The normalized spacial score (nSPS) is 25.4. The highest BCUT2D eigenvalue weighted by Gasteiger charge is 2.29. The van der Waals surface area contributed by atoms with Crippen LogP contribution in [0.2, 0.25) is 0 Å². The van der Waals surface area contributed by atoms with Crippen LogP contribution in [0.4, 0.5) is 0 Å². The lowest BCUT2D eigenvalue weighted by Crippen LogP contribution is -2.36. The van der Waals surface area contributed by atoms with Gasteiger partial charge in [0.15, 0.2) is 0 Å². The third kappa shape index (κ3) is 3.81. The summed E-state index contributed by atoms with van der Waals surface area (Å²) in [6.45, 7) is 6.53. The Kier molecular flexibility index (Phi) is 4.88. The number of piperidine rings is 2. The highest BCUT2D eigenvalue weighted by molar-refractivity contribution is 5.03. The van der Waals surface area contributed by atoms with E-state index in [1.807, 2.05) is 0 Å². The van der Waals surface area contributed by atoms with E-state index in [4.69, 9.17) is 0 Å². The molecule has 0 aromatic carbocycles. The van der Waals surface area contributed by atoms with Crippen molar-refractivity contribution in [2.45, 2.75) is 57.1 Å². The van der Waals surface area contributed by atoms with Crippen LogP contribution in [0.1, 0.15) is 56.1 Å². The van der Waals surface area contributed by atoms with Gasteiger partial charge in [-0.2, -0.15) is 0 Å². The molecule has 1 aromatic rings. The predicted octanol–water partition coefficient (Wildman–Crippen LogP) is 1.36. The Morgan fingerprint density at radius 3 is 2.25 bits per heavy atom. The first-order valence-electron chi connectivity index (χ1n) is 9.70. The lowest BCUT2D eigenvalue weighted by molar-refractivity contribution is 0.0775. The lowest BCUT2D eigenvalue weighted by Gasteiger charge is -2.31. The molecule has 3 aliphatic rings. The van der Waals surface area contributed by atoms with Crippen molar-refractivity contribution in [1.82, 2.24) is 24.6 Å². The molecule has 0 unspecified atom stereocenters. The van der Waals surface area contributed by atoms with Gasteiger partial charge in [0.25, 0.3) is 0 Å². The van der Waals surface area contributed by atoms with Crippen LogP contribution in [-0.4, -0.2) is 68.5 Å².